The second-order valence-corrected chi connectivity index (χ2v) is 4.55. The fraction of sp³-hybridized carbons (Fsp3) is 0.0667. The first-order valence-corrected chi connectivity index (χ1v) is 6.24. The minimum absolute atomic E-state index is 0.0932. The highest BCUT2D eigenvalue weighted by molar-refractivity contribution is 7.80. The second-order valence-electron chi connectivity index (χ2n) is 4.11. The van der Waals surface area contributed by atoms with Crippen molar-refractivity contribution >= 4 is 28.8 Å². The molecule has 0 saturated carbocycles. The predicted molar refractivity (Wildman–Crippen MR) is 81.5 cm³/mol. The van der Waals surface area contributed by atoms with E-state index in [0.717, 1.165) is 0 Å². The van der Waals surface area contributed by atoms with Gasteiger partial charge in [-0.2, -0.15) is 0 Å². The van der Waals surface area contributed by atoms with Gasteiger partial charge in [-0.25, -0.2) is 0 Å². The normalized spacial score (nSPS) is 9.95. The quantitative estimate of drug-likeness (QED) is 0.872. The number of nitrogens with two attached hydrogens (primary N) is 1. The molecule has 2 rings (SSSR count). The van der Waals surface area contributed by atoms with Crippen molar-refractivity contribution in [2.45, 2.75) is 0 Å². The van der Waals surface area contributed by atoms with Crippen LogP contribution in [0.4, 0.5) is 5.69 Å². The van der Waals surface area contributed by atoms with Crippen molar-refractivity contribution in [3.05, 3.63) is 65.7 Å². The topological polar surface area (TPSA) is 46.3 Å². The van der Waals surface area contributed by atoms with E-state index in [1.54, 1.807) is 24.1 Å². The Kier molecular flexibility index (Phi) is 3.92. The smallest absolute Gasteiger partial charge is 0.258 e. The minimum Gasteiger partial charge on any atom is -0.389 e. The maximum Gasteiger partial charge on any atom is 0.258 e. The highest BCUT2D eigenvalue weighted by atomic mass is 32.1. The lowest BCUT2D eigenvalue weighted by atomic mass is 10.1. The third kappa shape index (κ3) is 2.80. The Bertz CT molecular complexity index is 611. The largest absolute Gasteiger partial charge is 0.389 e. The SMILES string of the molecule is CN(C(=O)c1ccccc1)c1ccccc1C(N)=S. The van der Waals surface area contributed by atoms with Gasteiger partial charge in [0.05, 0.1) is 5.69 Å². The van der Waals surface area contributed by atoms with E-state index in [1.165, 1.54) is 0 Å². The number of hydrogen-bond acceptors (Lipinski definition) is 2. The molecule has 0 aromatic heterocycles. The summed E-state index contributed by atoms with van der Waals surface area (Å²) in [6.07, 6.45) is 0. The molecule has 96 valence electrons. The lowest BCUT2D eigenvalue weighted by molar-refractivity contribution is 0.0993. The molecule has 0 aliphatic rings. The highest BCUT2D eigenvalue weighted by Gasteiger charge is 2.16. The summed E-state index contributed by atoms with van der Waals surface area (Å²) in [5.74, 6) is -0.0932. The lowest BCUT2D eigenvalue weighted by Gasteiger charge is -2.20. The molecule has 0 bridgehead atoms. The summed E-state index contributed by atoms with van der Waals surface area (Å²) in [7, 11) is 1.71. The predicted octanol–water partition coefficient (Wildman–Crippen LogP) is 2.60. The van der Waals surface area contributed by atoms with Gasteiger partial charge in [-0.05, 0) is 24.3 Å². The van der Waals surface area contributed by atoms with E-state index in [-0.39, 0.29) is 10.9 Å². The number of para-hydroxylation sites is 1. The molecule has 1 amide bonds. The average molecular weight is 270 g/mol. The second kappa shape index (κ2) is 5.63. The molecule has 2 aromatic rings. The highest BCUT2D eigenvalue weighted by Crippen LogP contribution is 2.20. The van der Waals surface area contributed by atoms with Gasteiger partial charge in [-0.3, -0.25) is 4.79 Å². The van der Waals surface area contributed by atoms with Crippen LogP contribution in [0.5, 0.6) is 0 Å². The third-order valence-corrected chi connectivity index (χ3v) is 3.08. The molecule has 2 N–H and O–H groups in total. The number of nitrogens with zero attached hydrogens (tertiary/aromatic N) is 1. The number of anilines is 1. The zero-order chi connectivity index (χ0) is 13.8. The fourth-order valence-corrected chi connectivity index (χ4v) is 2.03. The third-order valence-electron chi connectivity index (χ3n) is 2.86. The van der Waals surface area contributed by atoms with Crippen molar-refractivity contribution < 1.29 is 4.79 Å². The molecule has 0 atom stereocenters. The van der Waals surface area contributed by atoms with Crippen LogP contribution >= 0.6 is 12.2 Å². The van der Waals surface area contributed by atoms with E-state index in [4.69, 9.17) is 18.0 Å². The minimum atomic E-state index is -0.0932. The molecule has 0 aliphatic heterocycles. The molecule has 4 heteroatoms. The van der Waals surface area contributed by atoms with Crippen LogP contribution in [0.3, 0.4) is 0 Å². The Hall–Kier alpha value is -2.20. The molecule has 0 unspecified atom stereocenters. The van der Waals surface area contributed by atoms with Crippen LogP contribution in [-0.4, -0.2) is 17.9 Å². The molecule has 0 heterocycles. The molecule has 0 spiro atoms. The molecule has 0 aliphatic carbocycles. The van der Waals surface area contributed by atoms with Gasteiger partial charge in [0, 0.05) is 18.2 Å². The number of hydrogen-bond donors (Lipinski definition) is 1. The van der Waals surface area contributed by atoms with Crippen molar-refractivity contribution in [2.24, 2.45) is 5.73 Å². The van der Waals surface area contributed by atoms with Gasteiger partial charge >= 0.3 is 0 Å². The van der Waals surface area contributed by atoms with Crippen LogP contribution in [0.25, 0.3) is 0 Å². The van der Waals surface area contributed by atoms with Crippen LogP contribution in [0.15, 0.2) is 54.6 Å². The molecule has 19 heavy (non-hydrogen) atoms. The molecule has 0 fully saturated rings. The van der Waals surface area contributed by atoms with Crippen molar-refractivity contribution in [2.75, 3.05) is 11.9 Å². The molecular weight excluding hydrogens is 256 g/mol. The molecule has 3 nitrogen and oxygen atoms in total. The Morgan fingerprint density at radius 3 is 2.26 bits per heavy atom. The van der Waals surface area contributed by atoms with Gasteiger partial charge in [0.2, 0.25) is 0 Å². The summed E-state index contributed by atoms with van der Waals surface area (Å²) in [6.45, 7) is 0. The summed E-state index contributed by atoms with van der Waals surface area (Å²) in [6, 6.07) is 16.4. The first kappa shape index (κ1) is 13.2. The number of carbonyl (C=O) groups excluding carboxylic acids is 1. The van der Waals surface area contributed by atoms with Crippen LogP contribution in [0.1, 0.15) is 15.9 Å². The Morgan fingerprint density at radius 1 is 1.05 bits per heavy atom. The van der Waals surface area contributed by atoms with E-state index >= 15 is 0 Å². The average Bonchev–Trinajstić information content (AvgIpc) is 2.46. The zero-order valence-electron chi connectivity index (χ0n) is 10.5. The van der Waals surface area contributed by atoms with E-state index in [1.807, 2.05) is 42.5 Å². The Morgan fingerprint density at radius 2 is 1.63 bits per heavy atom. The lowest BCUT2D eigenvalue weighted by Crippen LogP contribution is -2.28. The van der Waals surface area contributed by atoms with E-state index in [2.05, 4.69) is 0 Å². The van der Waals surface area contributed by atoms with Crippen LogP contribution in [-0.2, 0) is 0 Å². The maximum absolute atomic E-state index is 12.4. The number of thiocarbonyl (C=S) groups is 1. The summed E-state index contributed by atoms with van der Waals surface area (Å²) in [5.41, 5.74) is 7.72. The van der Waals surface area contributed by atoms with Gasteiger partial charge in [0.25, 0.3) is 5.91 Å². The number of amides is 1. The van der Waals surface area contributed by atoms with Gasteiger partial charge in [-0.1, -0.05) is 42.5 Å². The number of benzene rings is 2. The molecular formula is C15H14N2OS. The van der Waals surface area contributed by atoms with Crippen molar-refractivity contribution in [1.29, 1.82) is 0 Å². The van der Waals surface area contributed by atoms with Crippen LogP contribution in [0.2, 0.25) is 0 Å². The Balaban J connectivity index is 2.38. The first-order valence-electron chi connectivity index (χ1n) is 5.83. The molecule has 2 aromatic carbocycles. The zero-order valence-corrected chi connectivity index (χ0v) is 11.4. The van der Waals surface area contributed by atoms with Gasteiger partial charge < -0.3 is 10.6 Å². The monoisotopic (exact) mass is 270 g/mol. The summed E-state index contributed by atoms with van der Waals surface area (Å²) < 4.78 is 0. The summed E-state index contributed by atoms with van der Waals surface area (Å²) >= 11 is 5.01. The van der Waals surface area contributed by atoms with Crippen molar-refractivity contribution in [3.63, 3.8) is 0 Å². The first-order chi connectivity index (χ1) is 9.11. The van der Waals surface area contributed by atoms with E-state index < -0.39 is 0 Å². The summed E-state index contributed by atoms with van der Waals surface area (Å²) in [5, 5.41) is 0. The molecule has 0 radical (unpaired) electrons. The summed E-state index contributed by atoms with van der Waals surface area (Å²) in [4.78, 5) is 14.2. The van der Waals surface area contributed by atoms with Crippen LogP contribution < -0.4 is 10.6 Å². The van der Waals surface area contributed by atoms with Gasteiger partial charge in [0.1, 0.15) is 4.99 Å². The number of rotatable bonds is 3. The van der Waals surface area contributed by atoms with Crippen molar-refractivity contribution in [3.8, 4) is 0 Å². The molecule has 0 saturated heterocycles. The fourth-order valence-electron chi connectivity index (χ4n) is 1.86. The van der Waals surface area contributed by atoms with Crippen LogP contribution in [0, 0.1) is 0 Å². The Labute approximate surface area is 117 Å². The van der Waals surface area contributed by atoms with E-state index in [0.29, 0.717) is 16.8 Å². The van der Waals surface area contributed by atoms with Crippen molar-refractivity contribution in [1.82, 2.24) is 0 Å². The standard InChI is InChI=1S/C15H14N2OS/c1-17(15(18)11-7-3-2-4-8-11)13-10-6-5-9-12(13)14(16)19/h2-10H,1H3,(H2,16,19). The number of carbonyl (C=O) groups is 1. The van der Waals surface area contributed by atoms with E-state index in [9.17, 15) is 4.79 Å². The van der Waals surface area contributed by atoms with Gasteiger partial charge in [0.15, 0.2) is 0 Å². The van der Waals surface area contributed by atoms with Gasteiger partial charge in [-0.15, -0.1) is 0 Å². The maximum atomic E-state index is 12.4.